The number of hydrogen-bond acceptors (Lipinski definition) is 1. The van der Waals surface area contributed by atoms with Crippen LogP contribution in [0.15, 0.2) is 48.5 Å². The molecule has 0 amide bonds. The second kappa shape index (κ2) is 4.58. The Morgan fingerprint density at radius 2 is 1.67 bits per heavy atom. The van der Waals surface area contributed by atoms with E-state index in [1.807, 2.05) is 0 Å². The first-order valence-electron chi connectivity index (χ1n) is 6.68. The van der Waals surface area contributed by atoms with Crippen LogP contribution < -0.4 is 5.32 Å². The van der Waals surface area contributed by atoms with E-state index in [9.17, 15) is 0 Å². The van der Waals surface area contributed by atoms with Crippen LogP contribution in [-0.2, 0) is 0 Å². The first-order valence-corrected chi connectivity index (χ1v) is 6.68. The van der Waals surface area contributed by atoms with Gasteiger partial charge in [-0.25, -0.2) is 0 Å². The third kappa shape index (κ3) is 1.95. The van der Waals surface area contributed by atoms with Gasteiger partial charge in [0.2, 0.25) is 0 Å². The molecule has 1 aliphatic heterocycles. The summed E-state index contributed by atoms with van der Waals surface area (Å²) >= 11 is 0. The topological polar surface area (TPSA) is 12.0 Å². The first kappa shape index (κ1) is 11.5. The van der Waals surface area contributed by atoms with Gasteiger partial charge in [0.1, 0.15) is 0 Å². The summed E-state index contributed by atoms with van der Waals surface area (Å²) in [7, 11) is 0. The smallest absolute Gasteiger partial charge is 0.0295 e. The van der Waals surface area contributed by atoms with Gasteiger partial charge in [0, 0.05) is 12.6 Å². The lowest BCUT2D eigenvalue weighted by Crippen LogP contribution is -2.30. The van der Waals surface area contributed by atoms with Gasteiger partial charge in [0.05, 0.1) is 0 Å². The van der Waals surface area contributed by atoms with E-state index in [4.69, 9.17) is 0 Å². The number of benzene rings is 2. The van der Waals surface area contributed by atoms with Crippen molar-refractivity contribution in [3.8, 4) is 11.1 Å². The molecule has 3 rings (SSSR count). The molecule has 0 spiro atoms. The van der Waals surface area contributed by atoms with Gasteiger partial charge >= 0.3 is 0 Å². The van der Waals surface area contributed by atoms with Gasteiger partial charge in [-0.05, 0) is 41.2 Å². The molecule has 0 fully saturated rings. The van der Waals surface area contributed by atoms with E-state index < -0.39 is 0 Å². The molecule has 0 saturated carbocycles. The molecular formula is C17H19N. The van der Waals surface area contributed by atoms with Crippen molar-refractivity contribution in [1.29, 1.82) is 0 Å². The lowest BCUT2D eigenvalue weighted by molar-refractivity contribution is 0.495. The Hall–Kier alpha value is -1.60. The Balaban J connectivity index is 2.08. The largest absolute Gasteiger partial charge is 0.310 e. The maximum Gasteiger partial charge on any atom is 0.0295 e. The molecule has 2 aromatic carbocycles. The quantitative estimate of drug-likeness (QED) is 0.786. The average molecular weight is 237 g/mol. The summed E-state index contributed by atoms with van der Waals surface area (Å²) in [6.07, 6.45) is 0. The average Bonchev–Trinajstić information content (AvgIpc) is 2.44. The summed E-state index contributed by atoms with van der Waals surface area (Å²) in [6, 6.07) is 18.0. The van der Waals surface area contributed by atoms with Crippen LogP contribution in [0.25, 0.3) is 11.1 Å². The summed E-state index contributed by atoms with van der Waals surface area (Å²) in [5, 5.41) is 3.57. The van der Waals surface area contributed by atoms with Crippen molar-refractivity contribution in [3.63, 3.8) is 0 Å². The molecule has 0 radical (unpaired) electrons. The summed E-state index contributed by atoms with van der Waals surface area (Å²) in [6.45, 7) is 5.62. The highest BCUT2D eigenvalue weighted by atomic mass is 14.9. The van der Waals surface area contributed by atoms with E-state index in [2.05, 4.69) is 67.7 Å². The lowest BCUT2D eigenvalue weighted by atomic mass is 9.86. The van der Waals surface area contributed by atoms with Crippen LogP contribution in [0.3, 0.4) is 0 Å². The summed E-state index contributed by atoms with van der Waals surface area (Å²) < 4.78 is 0. The molecule has 1 heterocycles. The highest BCUT2D eigenvalue weighted by molar-refractivity contribution is 5.65. The Morgan fingerprint density at radius 3 is 2.44 bits per heavy atom. The molecule has 0 aliphatic carbocycles. The molecule has 1 nitrogen and oxygen atoms in total. The van der Waals surface area contributed by atoms with Crippen molar-refractivity contribution in [3.05, 3.63) is 59.7 Å². The normalized spacial score (nSPS) is 22.6. The van der Waals surface area contributed by atoms with Crippen LogP contribution in [0.1, 0.15) is 36.9 Å². The highest BCUT2D eigenvalue weighted by Gasteiger charge is 2.21. The molecule has 1 heteroatoms. The van der Waals surface area contributed by atoms with E-state index in [1.54, 1.807) is 0 Å². The summed E-state index contributed by atoms with van der Waals surface area (Å²) in [5.41, 5.74) is 5.57. The van der Waals surface area contributed by atoms with E-state index in [0.29, 0.717) is 12.0 Å². The molecule has 0 aromatic heterocycles. The SMILES string of the molecule is CC1CNC(C)c2cc(-c3ccccc3)ccc21. The molecular weight excluding hydrogens is 218 g/mol. The minimum Gasteiger partial charge on any atom is -0.310 e. The minimum atomic E-state index is 0.458. The van der Waals surface area contributed by atoms with Crippen molar-refractivity contribution in [1.82, 2.24) is 5.32 Å². The van der Waals surface area contributed by atoms with Crippen molar-refractivity contribution in [2.75, 3.05) is 6.54 Å². The van der Waals surface area contributed by atoms with Gasteiger partial charge < -0.3 is 5.32 Å². The van der Waals surface area contributed by atoms with Crippen LogP contribution >= 0.6 is 0 Å². The maximum absolute atomic E-state index is 3.57. The molecule has 0 saturated heterocycles. The van der Waals surface area contributed by atoms with Crippen LogP contribution in [0, 0.1) is 0 Å². The molecule has 2 atom stereocenters. The van der Waals surface area contributed by atoms with Crippen LogP contribution in [0.2, 0.25) is 0 Å². The second-order valence-electron chi connectivity index (χ2n) is 5.24. The summed E-state index contributed by atoms with van der Waals surface area (Å²) in [4.78, 5) is 0. The Labute approximate surface area is 109 Å². The Bertz CT molecular complexity index is 545. The fourth-order valence-corrected chi connectivity index (χ4v) is 2.78. The zero-order valence-corrected chi connectivity index (χ0v) is 11.0. The lowest BCUT2D eigenvalue weighted by Gasteiger charge is -2.29. The van der Waals surface area contributed by atoms with Crippen molar-refractivity contribution < 1.29 is 0 Å². The standard InChI is InChI=1S/C17H19N/c1-12-11-18-13(2)17-10-15(8-9-16(12)17)14-6-4-3-5-7-14/h3-10,12-13,18H,11H2,1-2H3. The van der Waals surface area contributed by atoms with Gasteiger partial charge in [-0.1, -0.05) is 49.4 Å². The molecule has 92 valence electrons. The zero-order chi connectivity index (χ0) is 12.5. The molecule has 2 aromatic rings. The number of rotatable bonds is 1. The second-order valence-corrected chi connectivity index (χ2v) is 5.24. The predicted octanol–water partition coefficient (Wildman–Crippen LogP) is 4.12. The van der Waals surface area contributed by atoms with Gasteiger partial charge in [-0.2, -0.15) is 0 Å². The van der Waals surface area contributed by atoms with E-state index >= 15 is 0 Å². The molecule has 0 bridgehead atoms. The third-order valence-electron chi connectivity index (χ3n) is 3.92. The van der Waals surface area contributed by atoms with E-state index in [-0.39, 0.29) is 0 Å². The van der Waals surface area contributed by atoms with Gasteiger partial charge in [0.25, 0.3) is 0 Å². The first-order chi connectivity index (χ1) is 8.75. The van der Waals surface area contributed by atoms with Gasteiger partial charge in [-0.15, -0.1) is 0 Å². The third-order valence-corrected chi connectivity index (χ3v) is 3.92. The van der Waals surface area contributed by atoms with Gasteiger partial charge in [0.15, 0.2) is 0 Å². The highest BCUT2D eigenvalue weighted by Crippen LogP contribution is 2.33. The number of hydrogen-bond donors (Lipinski definition) is 1. The monoisotopic (exact) mass is 237 g/mol. The van der Waals surface area contributed by atoms with Crippen molar-refractivity contribution >= 4 is 0 Å². The van der Waals surface area contributed by atoms with E-state index in [1.165, 1.54) is 22.3 Å². The molecule has 1 N–H and O–H groups in total. The Morgan fingerprint density at radius 1 is 0.889 bits per heavy atom. The molecule has 1 aliphatic rings. The minimum absolute atomic E-state index is 0.458. The number of nitrogens with one attached hydrogen (secondary N) is 1. The predicted molar refractivity (Wildman–Crippen MR) is 76.7 cm³/mol. The van der Waals surface area contributed by atoms with Crippen molar-refractivity contribution in [2.24, 2.45) is 0 Å². The van der Waals surface area contributed by atoms with Crippen LogP contribution in [0.4, 0.5) is 0 Å². The van der Waals surface area contributed by atoms with Crippen LogP contribution in [0.5, 0.6) is 0 Å². The maximum atomic E-state index is 3.57. The Kier molecular flexibility index (Phi) is 2.92. The number of fused-ring (bicyclic) bond motifs is 1. The van der Waals surface area contributed by atoms with Crippen molar-refractivity contribution in [2.45, 2.75) is 25.8 Å². The fraction of sp³-hybridized carbons (Fsp3) is 0.294. The van der Waals surface area contributed by atoms with E-state index in [0.717, 1.165) is 6.54 Å². The zero-order valence-electron chi connectivity index (χ0n) is 11.0. The van der Waals surface area contributed by atoms with Crippen LogP contribution in [-0.4, -0.2) is 6.54 Å². The molecule has 18 heavy (non-hydrogen) atoms. The summed E-state index contributed by atoms with van der Waals surface area (Å²) in [5.74, 6) is 0.612. The molecule has 2 unspecified atom stereocenters. The van der Waals surface area contributed by atoms with Gasteiger partial charge in [-0.3, -0.25) is 0 Å². The fourth-order valence-electron chi connectivity index (χ4n) is 2.78.